The van der Waals surface area contributed by atoms with E-state index in [2.05, 4.69) is 28.5 Å². The summed E-state index contributed by atoms with van der Waals surface area (Å²) in [6.45, 7) is 6.75. The van der Waals surface area contributed by atoms with E-state index >= 15 is 0 Å². The number of rotatable bonds is 3. The number of sulfonamides is 1. The summed E-state index contributed by atoms with van der Waals surface area (Å²) in [6.07, 6.45) is 0.967. The lowest BCUT2D eigenvalue weighted by Gasteiger charge is -2.31. The first-order chi connectivity index (χ1) is 9.78. The van der Waals surface area contributed by atoms with Gasteiger partial charge >= 0.3 is 0 Å². The Kier molecular flexibility index (Phi) is 3.62. The smallest absolute Gasteiger partial charge is 0.215 e. The Morgan fingerprint density at radius 3 is 2.62 bits per heavy atom. The van der Waals surface area contributed by atoms with E-state index in [1.165, 1.54) is 11.3 Å². The summed E-state index contributed by atoms with van der Waals surface area (Å²) in [5.74, 6) is 0.962. The summed E-state index contributed by atoms with van der Waals surface area (Å²) in [6, 6.07) is 0.0709. The molecule has 0 radical (unpaired) electrons. The molecule has 0 bridgehead atoms. The van der Waals surface area contributed by atoms with Gasteiger partial charge in [-0.3, -0.25) is 4.99 Å². The van der Waals surface area contributed by atoms with Crippen LogP contribution in [0.3, 0.4) is 0 Å². The quantitative estimate of drug-likeness (QED) is 0.799. The van der Waals surface area contributed by atoms with Crippen LogP contribution in [-0.4, -0.2) is 54.2 Å². The number of amidine groups is 1. The molecule has 3 aliphatic rings. The van der Waals surface area contributed by atoms with Crippen LogP contribution in [0.25, 0.3) is 0 Å². The van der Waals surface area contributed by atoms with Gasteiger partial charge in [-0.15, -0.1) is 0 Å². The minimum atomic E-state index is -3.33. The van der Waals surface area contributed by atoms with Crippen LogP contribution in [0.1, 0.15) is 40.0 Å². The maximum atomic E-state index is 12.3. The van der Waals surface area contributed by atoms with Crippen molar-refractivity contribution in [2.75, 3.05) is 6.54 Å². The largest absolute Gasteiger partial charge is 0.393 e. The van der Waals surface area contributed by atoms with Gasteiger partial charge in [0.1, 0.15) is 5.84 Å². The van der Waals surface area contributed by atoms with E-state index in [0.29, 0.717) is 19.4 Å². The van der Waals surface area contributed by atoms with Gasteiger partial charge in [0, 0.05) is 24.7 Å². The molecule has 1 saturated heterocycles. The molecule has 2 fully saturated rings. The predicted octanol–water partition coefficient (Wildman–Crippen LogP) is 0.598. The zero-order valence-electron chi connectivity index (χ0n) is 12.7. The number of aliphatic hydroxyl groups is 1. The first-order valence-corrected chi connectivity index (χ1v) is 9.03. The van der Waals surface area contributed by atoms with E-state index in [1.54, 1.807) is 0 Å². The third-order valence-electron chi connectivity index (χ3n) is 4.86. The van der Waals surface area contributed by atoms with Crippen molar-refractivity contribution in [3.63, 3.8) is 0 Å². The van der Waals surface area contributed by atoms with Gasteiger partial charge in [-0.25, -0.2) is 13.1 Å². The molecular weight excluding hydrogens is 290 g/mol. The second-order valence-electron chi connectivity index (χ2n) is 6.40. The molecule has 21 heavy (non-hydrogen) atoms. The Morgan fingerprint density at radius 2 is 2.00 bits per heavy atom. The monoisotopic (exact) mass is 313 g/mol. The van der Waals surface area contributed by atoms with Gasteiger partial charge in [0.2, 0.25) is 10.0 Å². The number of hydrogen-bond donors (Lipinski definition) is 2. The van der Waals surface area contributed by atoms with Crippen LogP contribution in [-0.2, 0) is 10.0 Å². The van der Waals surface area contributed by atoms with E-state index in [0.717, 1.165) is 12.3 Å². The number of fused-ring (bicyclic) bond motifs is 1. The van der Waals surface area contributed by atoms with Crippen LogP contribution < -0.4 is 4.72 Å². The molecule has 0 spiro atoms. The highest BCUT2D eigenvalue weighted by molar-refractivity contribution is 7.90. The van der Waals surface area contributed by atoms with Crippen molar-refractivity contribution in [2.45, 2.75) is 63.5 Å². The highest BCUT2D eigenvalue weighted by atomic mass is 32.2. The Hall–Kier alpha value is -0.920. The fourth-order valence-electron chi connectivity index (χ4n) is 3.33. The molecule has 6 nitrogen and oxygen atoms in total. The molecule has 0 aromatic rings. The molecule has 0 aromatic heterocycles. The molecule has 3 rings (SSSR count). The maximum absolute atomic E-state index is 12.3. The zero-order valence-corrected chi connectivity index (χ0v) is 13.5. The third-order valence-corrected chi connectivity index (χ3v) is 6.79. The summed E-state index contributed by atoms with van der Waals surface area (Å²) < 4.78 is 27.3. The fraction of sp³-hybridized carbons (Fsp3) is 0.786. The van der Waals surface area contributed by atoms with Gasteiger partial charge < -0.3 is 10.0 Å². The van der Waals surface area contributed by atoms with E-state index in [-0.39, 0.29) is 12.1 Å². The van der Waals surface area contributed by atoms with Crippen LogP contribution in [0.5, 0.6) is 0 Å². The molecular formula is C14H23N3O3S. The van der Waals surface area contributed by atoms with E-state index < -0.39 is 21.4 Å². The third kappa shape index (κ3) is 2.62. The topological polar surface area (TPSA) is 82.0 Å². The molecule has 2 aliphatic heterocycles. The van der Waals surface area contributed by atoms with Crippen LogP contribution in [0, 0.1) is 0 Å². The molecule has 2 heterocycles. The fourth-order valence-corrected chi connectivity index (χ4v) is 5.09. The molecule has 1 aliphatic carbocycles. The molecule has 1 saturated carbocycles. The highest BCUT2D eigenvalue weighted by Crippen LogP contribution is 2.32. The van der Waals surface area contributed by atoms with Crippen molar-refractivity contribution in [3.05, 3.63) is 11.3 Å². The van der Waals surface area contributed by atoms with Gasteiger partial charge in [0.25, 0.3) is 0 Å². The summed E-state index contributed by atoms with van der Waals surface area (Å²) in [5, 5.41) is 8.85. The molecule has 2 unspecified atom stereocenters. The second-order valence-corrected chi connectivity index (χ2v) is 8.40. The van der Waals surface area contributed by atoms with Crippen molar-refractivity contribution in [2.24, 2.45) is 4.99 Å². The standard InChI is InChI=1S/C14H23N3O3S/c1-8-9(2)15-10(3)17-7-11(4-14(8)17)16-21(19,20)13-5-12(18)6-13/h9,11-13,16,18H,4-7H2,1-3H3. The van der Waals surface area contributed by atoms with Crippen LogP contribution in [0.2, 0.25) is 0 Å². The number of nitrogens with zero attached hydrogens (tertiary/aromatic N) is 2. The number of aliphatic imine (C=N–C) groups is 1. The van der Waals surface area contributed by atoms with Gasteiger partial charge in [-0.1, -0.05) is 0 Å². The molecule has 2 atom stereocenters. The van der Waals surface area contributed by atoms with E-state index in [9.17, 15) is 13.5 Å². The molecule has 0 amide bonds. The van der Waals surface area contributed by atoms with Crippen molar-refractivity contribution >= 4 is 15.9 Å². The van der Waals surface area contributed by atoms with Crippen LogP contribution >= 0.6 is 0 Å². The summed E-state index contributed by atoms with van der Waals surface area (Å²) in [5.41, 5.74) is 2.43. The SMILES string of the molecule is CC1=NC(C)C(C)=C2CC(NS(=O)(=O)C3CC(O)C3)CN12. The summed E-state index contributed by atoms with van der Waals surface area (Å²) in [4.78, 5) is 6.71. The summed E-state index contributed by atoms with van der Waals surface area (Å²) >= 11 is 0. The Morgan fingerprint density at radius 1 is 1.33 bits per heavy atom. The highest BCUT2D eigenvalue weighted by Gasteiger charge is 2.41. The van der Waals surface area contributed by atoms with Gasteiger partial charge in [0.15, 0.2) is 0 Å². The van der Waals surface area contributed by atoms with Crippen molar-refractivity contribution in [1.29, 1.82) is 0 Å². The summed E-state index contributed by atoms with van der Waals surface area (Å²) in [7, 11) is -3.33. The molecule has 7 heteroatoms. The lowest BCUT2D eigenvalue weighted by molar-refractivity contribution is 0.0972. The molecule has 0 aromatic carbocycles. The molecule has 118 valence electrons. The lowest BCUT2D eigenvalue weighted by atomic mass is 9.96. The van der Waals surface area contributed by atoms with Gasteiger partial charge in [-0.2, -0.15) is 0 Å². The minimum absolute atomic E-state index is 0.104. The van der Waals surface area contributed by atoms with Crippen LogP contribution in [0.15, 0.2) is 16.3 Å². The van der Waals surface area contributed by atoms with Gasteiger partial charge in [-0.05, 0) is 39.2 Å². The Balaban J connectivity index is 1.72. The van der Waals surface area contributed by atoms with E-state index in [4.69, 9.17) is 0 Å². The lowest BCUT2D eigenvalue weighted by Crippen LogP contribution is -2.49. The minimum Gasteiger partial charge on any atom is -0.393 e. The van der Waals surface area contributed by atoms with Crippen molar-refractivity contribution in [3.8, 4) is 0 Å². The van der Waals surface area contributed by atoms with Crippen molar-refractivity contribution in [1.82, 2.24) is 9.62 Å². The first-order valence-electron chi connectivity index (χ1n) is 7.48. The number of hydrogen-bond acceptors (Lipinski definition) is 5. The normalized spacial score (nSPS) is 36.4. The molecule has 2 N–H and O–H groups in total. The predicted molar refractivity (Wildman–Crippen MR) is 81.5 cm³/mol. The average Bonchev–Trinajstić information content (AvgIpc) is 2.76. The van der Waals surface area contributed by atoms with Gasteiger partial charge in [0.05, 0.1) is 17.4 Å². The Labute approximate surface area is 126 Å². The Bertz CT molecular complexity index is 605. The van der Waals surface area contributed by atoms with E-state index in [1.807, 2.05) is 6.92 Å². The number of aliphatic hydroxyl groups excluding tert-OH is 1. The van der Waals surface area contributed by atoms with Crippen molar-refractivity contribution < 1.29 is 13.5 Å². The zero-order chi connectivity index (χ0) is 15.4. The average molecular weight is 313 g/mol. The van der Waals surface area contributed by atoms with Crippen LogP contribution in [0.4, 0.5) is 0 Å². The maximum Gasteiger partial charge on any atom is 0.215 e. The first kappa shape index (κ1) is 15.0. The second kappa shape index (κ2) is 5.07. The number of nitrogens with one attached hydrogen (secondary N) is 1.